The molecule has 0 bridgehead atoms. The summed E-state index contributed by atoms with van der Waals surface area (Å²) in [6.45, 7) is -0.490. The van der Waals surface area contributed by atoms with Crippen molar-refractivity contribution in [1.82, 2.24) is 14.5 Å². The van der Waals surface area contributed by atoms with Crippen molar-refractivity contribution in [2.75, 3.05) is 7.04 Å². The molecule has 4 aromatic rings. The highest BCUT2D eigenvalue weighted by molar-refractivity contribution is 5.79. The summed E-state index contributed by atoms with van der Waals surface area (Å²) in [5, 5.41) is -0.189. The fourth-order valence-electron chi connectivity index (χ4n) is 3.23. The Hall–Kier alpha value is -4.09. The van der Waals surface area contributed by atoms with Crippen LogP contribution in [0.15, 0.2) is 53.7 Å². The zero-order chi connectivity index (χ0) is 27.1. The zero-order valence-corrected chi connectivity index (χ0v) is 16.7. The molecule has 0 aliphatic carbocycles. The number of hydrogen-bond acceptors (Lipinski definition) is 5. The van der Waals surface area contributed by atoms with E-state index in [1.807, 2.05) is 0 Å². The summed E-state index contributed by atoms with van der Waals surface area (Å²) in [5.74, 6) is -5.88. The van der Waals surface area contributed by atoms with E-state index in [0.29, 0.717) is 18.2 Å². The van der Waals surface area contributed by atoms with Crippen LogP contribution >= 0.6 is 0 Å². The number of rotatable bonds is 5. The normalized spacial score (nSPS) is 13.3. The first-order valence-corrected chi connectivity index (χ1v) is 9.28. The minimum atomic E-state index is -5.13. The predicted octanol–water partition coefficient (Wildman–Crippen LogP) is 5.08. The van der Waals surface area contributed by atoms with E-state index in [1.165, 1.54) is 10.6 Å². The fraction of sp³-hybridized carbons (Fsp3) is 0.136. The Morgan fingerprint density at radius 3 is 2.47 bits per heavy atom. The van der Waals surface area contributed by atoms with Crippen LogP contribution in [0.2, 0.25) is 0 Å². The number of pyridine rings is 1. The third-order valence-electron chi connectivity index (χ3n) is 4.74. The lowest BCUT2D eigenvalue weighted by molar-refractivity contribution is -0.140. The van der Waals surface area contributed by atoms with Crippen molar-refractivity contribution >= 4 is 10.9 Å². The molecule has 0 atom stereocenters. The predicted molar refractivity (Wildman–Crippen MR) is 107 cm³/mol. The smallest absolute Gasteiger partial charge is 0.425 e. The third kappa shape index (κ3) is 4.38. The van der Waals surface area contributed by atoms with Gasteiger partial charge in [-0.15, -0.1) is 0 Å². The largest absolute Gasteiger partial charge is 0.496 e. The first-order chi connectivity index (χ1) is 17.2. The summed E-state index contributed by atoms with van der Waals surface area (Å²) in [6, 6.07) is 5.07. The molecule has 176 valence electrons. The molecule has 0 aliphatic heterocycles. The quantitative estimate of drug-likeness (QED) is 0.370. The lowest BCUT2D eigenvalue weighted by atomic mass is 10.1. The highest BCUT2D eigenvalue weighted by Gasteiger charge is 2.39. The first-order valence-electron chi connectivity index (χ1n) is 10.8. The number of methoxy groups -OCH3 is 1. The molecule has 34 heavy (non-hydrogen) atoms. The molecule has 4 rings (SSSR count). The Labute approximate surface area is 191 Å². The van der Waals surface area contributed by atoms with Crippen LogP contribution in [0.5, 0.6) is 17.4 Å². The maximum atomic E-state index is 14.1. The van der Waals surface area contributed by atoms with Gasteiger partial charge in [-0.3, -0.25) is 4.79 Å². The van der Waals surface area contributed by atoms with E-state index >= 15 is 0 Å². The second-order valence-electron chi connectivity index (χ2n) is 6.90. The molecule has 0 unspecified atom stereocenters. The zero-order valence-electron chi connectivity index (χ0n) is 19.7. The monoisotopic (exact) mass is 484 g/mol. The van der Waals surface area contributed by atoms with Gasteiger partial charge in [0.2, 0.25) is 5.88 Å². The third-order valence-corrected chi connectivity index (χ3v) is 4.74. The Morgan fingerprint density at radius 2 is 1.79 bits per heavy atom. The molecule has 12 heteroatoms. The van der Waals surface area contributed by atoms with Gasteiger partial charge in [-0.25, -0.2) is 18.2 Å². The molecule has 0 radical (unpaired) electrons. The van der Waals surface area contributed by atoms with Crippen molar-refractivity contribution in [3.63, 3.8) is 0 Å². The van der Waals surface area contributed by atoms with Crippen LogP contribution in [0.3, 0.4) is 0 Å². The van der Waals surface area contributed by atoms with Crippen molar-refractivity contribution in [1.29, 1.82) is 0 Å². The van der Waals surface area contributed by atoms with Crippen LogP contribution in [-0.2, 0) is 12.7 Å². The second kappa shape index (κ2) is 8.69. The van der Waals surface area contributed by atoms with Gasteiger partial charge in [0.25, 0.3) is 5.56 Å². The van der Waals surface area contributed by atoms with Gasteiger partial charge in [0.1, 0.15) is 29.0 Å². The molecule has 2 heterocycles. The summed E-state index contributed by atoms with van der Waals surface area (Å²) in [4.78, 5) is 19.5. The molecular formula is C22H13F6N3O3. The average molecular weight is 484 g/mol. The Kier molecular flexibility index (Phi) is 4.95. The molecule has 0 amide bonds. The van der Waals surface area contributed by atoms with Crippen LogP contribution in [0.25, 0.3) is 10.9 Å². The molecule has 0 spiro atoms. The Balaban J connectivity index is 1.75. The number of halogens is 6. The van der Waals surface area contributed by atoms with Gasteiger partial charge in [-0.2, -0.15) is 18.2 Å². The van der Waals surface area contributed by atoms with E-state index in [0.717, 1.165) is 24.7 Å². The van der Waals surface area contributed by atoms with Gasteiger partial charge in [0, 0.05) is 23.9 Å². The lowest BCUT2D eigenvalue weighted by Gasteiger charge is -2.16. The minimum absolute atomic E-state index is 0.0824. The highest BCUT2D eigenvalue weighted by atomic mass is 19.4. The van der Waals surface area contributed by atoms with Crippen molar-refractivity contribution in [3.8, 4) is 17.4 Å². The molecule has 2 aromatic carbocycles. The van der Waals surface area contributed by atoms with E-state index in [4.69, 9.17) is 8.85 Å². The van der Waals surface area contributed by atoms with Gasteiger partial charge >= 0.3 is 6.18 Å². The lowest BCUT2D eigenvalue weighted by Crippen LogP contribution is -2.14. The molecule has 0 N–H and O–H groups in total. The first kappa shape index (κ1) is 19.4. The van der Waals surface area contributed by atoms with Gasteiger partial charge in [0.05, 0.1) is 34.9 Å². The van der Waals surface area contributed by atoms with Gasteiger partial charge < -0.3 is 14.0 Å². The van der Waals surface area contributed by atoms with E-state index in [9.17, 15) is 31.1 Å². The Bertz CT molecular complexity index is 1530. The summed E-state index contributed by atoms with van der Waals surface area (Å²) in [7, 11) is -3.19. The number of nitrogens with zero attached hydrogens (tertiary/aromatic N) is 3. The van der Waals surface area contributed by atoms with Crippen LogP contribution in [0.4, 0.5) is 26.3 Å². The van der Waals surface area contributed by atoms with Crippen molar-refractivity contribution in [3.05, 3.63) is 87.9 Å². The molecule has 0 saturated carbocycles. The molecular weight excluding hydrogens is 468 g/mol. The number of alkyl halides is 3. The van der Waals surface area contributed by atoms with Crippen LogP contribution in [0, 0.1) is 17.5 Å². The highest BCUT2D eigenvalue weighted by Crippen LogP contribution is 2.42. The molecule has 2 aromatic heterocycles. The van der Waals surface area contributed by atoms with Crippen LogP contribution < -0.4 is 15.0 Å². The van der Waals surface area contributed by atoms with Crippen molar-refractivity contribution in [2.45, 2.75) is 12.7 Å². The van der Waals surface area contributed by atoms with E-state index in [1.54, 1.807) is 0 Å². The average Bonchev–Trinajstić information content (AvgIpc) is 2.76. The van der Waals surface area contributed by atoms with Crippen molar-refractivity contribution in [2.24, 2.45) is 0 Å². The number of ether oxygens (including phenoxy) is 2. The second-order valence-corrected chi connectivity index (χ2v) is 6.90. The Morgan fingerprint density at radius 1 is 1.06 bits per heavy atom. The maximum Gasteiger partial charge on any atom is 0.425 e. The van der Waals surface area contributed by atoms with Gasteiger partial charge in [-0.1, -0.05) is 0 Å². The summed E-state index contributed by atoms with van der Waals surface area (Å²) in [6.07, 6.45) is -3.29. The number of benzene rings is 2. The van der Waals surface area contributed by atoms with Crippen molar-refractivity contribution < 1.29 is 39.9 Å². The topological polar surface area (TPSA) is 66.2 Å². The van der Waals surface area contributed by atoms with Gasteiger partial charge in [-0.05, 0) is 24.3 Å². The standard InChI is InChI=1S/C22H13F6N3O3/c1-33-18-4-5-29-21(19(18)22(26,27)28)34-12-2-3-17-13(8-12)20(32)30-10-31(17)9-14-15(24)6-11(23)7-16(14)25/h2-8,10H,9H2,1H3/i1D3. The maximum absolute atomic E-state index is 14.1. The van der Waals surface area contributed by atoms with E-state index < -0.39 is 65.5 Å². The number of hydrogen-bond donors (Lipinski definition) is 0. The van der Waals surface area contributed by atoms with Crippen LogP contribution in [-0.4, -0.2) is 21.6 Å². The fourth-order valence-corrected chi connectivity index (χ4v) is 3.23. The van der Waals surface area contributed by atoms with Crippen LogP contribution in [0.1, 0.15) is 15.2 Å². The van der Waals surface area contributed by atoms with Gasteiger partial charge in [0.15, 0.2) is 5.56 Å². The van der Waals surface area contributed by atoms with E-state index in [2.05, 4.69) is 14.7 Å². The summed E-state index contributed by atoms with van der Waals surface area (Å²) < 4.78 is 115. The molecule has 0 aliphatic rings. The van der Waals surface area contributed by atoms with E-state index in [-0.39, 0.29) is 16.7 Å². The number of aromatic nitrogens is 3. The molecule has 0 saturated heterocycles. The molecule has 0 fully saturated rings. The SMILES string of the molecule is [2H]C([2H])([2H])Oc1ccnc(Oc2ccc3c(c2)c(=O)ncn3Cc2c(F)cc(F)cc2F)c1C(F)(F)F. The number of fused-ring (bicyclic) bond motifs is 1. The minimum Gasteiger partial charge on any atom is -0.496 e. The summed E-state index contributed by atoms with van der Waals surface area (Å²) in [5.41, 5.74) is -2.87. The molecule has 6 nitrogen and oxygen atoms in total. The summed E-state index contributed by atoms with van der Waals surface area (Å²) >= 11 is 0.